The molecular weight excluding hydrogens is 144 g/mol. The third-order valence-corrected chi connectivity index (χ3v) is 1.86. The SMILES string of the molecule is C[C@@H]1C[C@@H](OC(N)=O)CCN1. The lowest BCUT2D eigenvalue weighted by Gasteiger charge is -2.26. The molecule has 64 valence electrons. The van der Waals surface area contributed by atoms with Gasteiger partial charge in [0.1, 0.15) is 6.10 Å². The number of rotatable bonds is 1. The predicted molar refractivity (Wildman–Crippen MR) is 41.2 cm³/mol. The van der Waals surface area contributed by atoms with Crippen molar-refractivity contribution in [1.29, 1.82) is 0 Å². The zero-order valence-corrected chi connectivity index (χ0v) is 6.67. The van der Waals surface area contributed by atoms with E-state index < -0.39 is 6.09 Å². The van der Waals surface area contributed by atoms with Gasteiger partial charge in [-0.25, -0.2) is 4.79 Å². The van der Waals surface area contributed by atoms with Gasteiger partial charge >= 0.3 is 6.09 Å². The molecule has 0 aromatic carbocycles. The van der Waals surface area contributed by atoms with Crippen molar-refractivity contribution in [3.63, 3.8) is 0 Å². The van der Waals surface area contributed by atoms with Gasteiger partial charge in [0.05, 0.1) is 0 Å². The molecule has 11 heavy (non-hydrogen) atoms. The molecule has 0 saturated carbocycles. The van der Waals surface area contributed by atoms with Crippen LogP contribution in [0.4, 0.5) is 4.79 Å². The Kier molecular flexibility index (Phi) is 2.70. The molecule has 1 rings (SSSR count). The third kappa shape index (κ3) is 2.76. The number of piperidine rings is 1. The summed E-state index contributed by atoms with van der Waals surface area (Å²) in [5, 5.41) is 3.25. The van der Waals surface area contributed by atoms with Crippen LogP contribution in [0.25, 0.3) is 0 Å². The Hall–Kier alpha value is -0.770. The van der Waals surface area contributed by atoms with Crippen LogP contribution in [0.2, 0.25) is 0 Å². The van der Waals surface area contributed by atoms with E-state index in [1.165, 1.54) is 0 Å². The summed E-state index contributed by atoms with van der Waals surface area (Å²) in [6, 6.07) is 0.424. The first-order valence-electron chi connectivity index (χ1n) is 3.88. The van der Waals surface area contributed by atoms with Crippen molar-refractivity contribution in [3.8, 4) is 0 Å². The number of carbonyl (C=O) groups excluding carboxylic acids is 1. The summed E-state index contributed by atoms with van der Waals surface area (Å²) in [5.41, 5.74) is 4.89. The number of primary amides is 1. The van der Waals surface area contributed by atoms with Crippen LogP contribution in [-0.2, 0) is 4.74 Å². The summed E-state index contributed by atoms with van der Waals surface area (Å²) in [6.07, 6.45) is 1.09. The second-order valence-corrected chi connectivity index (χ2v) is 2.94. The molecule has 0 aromatic heterocycles. The maximum atomic E-state index is 10.4. The zero-order valence-electron chi connectivity index (χ0n) is 6.67. The molecule has 4 nitrogen and oxygen atoms in total. The van der Waals surface area contributed by atoms with Crippen molar-refractivity contribution in [2.24, 2.45) is 5.73 Å². The Morgan fingerprint density at radius 1 is 1.73 bits per heavy atom. The Bertz CT molecular complexity index is 149. The zero-order chi connectivity index (χ0) is 8.27. The standard InChI is InChI=1S/C7H14N2O2/c1-5-4-6(2-3-9-5)11-7(8)10/h5-6,9H,2-4H2,1H3,(H2,8,10)/t5-,6+/m1/s1. The maximum absolute atomic E-state index is 10.4. The van der Waals surface area contributed by atoms with E-state index in [4.69, 9.17) is 10.5 Å². The summed E-state index contributed by atoms with van der Waals surface area (Å²) >= 11 is 0. The van der Waals surface area contributed by atoms with Gasteiger partial charge in [0.2, 0.25) is 0 Å². The van der Waals surface area contributed by atoms with Gasteiger partial charge in [0.15, 0.2) is 0 Å². The van der Waals surface area contributed by atoms with Crippen LogP contribution in [0.1, 0.15) is 19.8 Å². The molecule has 1 amide bonds. The summed E-state index contributed by atoms with van der Waals surface area (Å²) < 4.78 is 4.86. The minimum atomic E-state index is -0.663. The minimum absolute atomic E-state index is 0.0174. The van der Waals surface area contributed by atoms with Gasteiger partial charge in [-0.15, -0.1) is 0 Å². The van der Waals surface area contributed by atoms with Crippen molar-refractivity contribution in [3.05, 3.63) is 0 Å². The van der Waals surface area contributed by atoms with Gasteiger partial charge in [-0.3, -0.25) is 0 Å². The molecule has 0 aliphatic carbocycles. The van der Waals surface area contributed by atoms with Crippen molar-refractivity contribution in [2.75, 3.05) is 6.54 Å². The van der Waals surface area contributed by atoms with E-state index in [1.54, 1.807) is 0 Å². The largest absolute Gasteiger partial charge is 0.446 e. The van der Waals surface area contributed by atoms with E-state index in [9.17, 15) is 4.79 Å². The molecule has 0 aromatic rings. The van der Waals surface area contributed by atoms with Gasteiger partial charge in [-0.1, -0.05) is 0 Å². The van der Waals surface area contributed by atoms with E-state index in [-0.39, 0.29) is 6.10 Å². The lowest BCUT2D eigenvalue weighted by Crippen LogP contribution is -2.40. The van der Waals surface area contributed by atoms with Crippen LogP contribution in [-0.4, -0.2) is 24.8 Å². The van der Waals surface area contributed by atoms with Crippen molar-refractivity contribution in [2.45, 2.75) is 31.9 Å². The number of amides is 1. The fourth-order valence-electron chi connectivity index (χ4n) is 1.36. The molecule has 1 fully saturated rings. The van der Waals surface area contributed by atoms with Gasteiger partial charge in [-0.2, -0.15) is 0 Å². The number of hydrogen-bond donors (Lipinski definition) is 2. The van der Waals surface area contributed by atoms with Gasteiger partial charge in [0.25, 0.3) is 0 Å². The Morgan fingerprint density at radius 2 is 2.45 bits per heavy atom. The fourth-order valence-corrected chi connectivity index (χ4v) is 1.36. The molecule has 1 aliphatic rings. The lowest BCUT2D eigenvalue weighted by molar-refractivity contribution is 0.0778. The molecule has 0 spiro atoms. The molecule has 1 saturated heterocycles. The highest BCUT2D eigenvalue weighted by molar-refractivity contribution is 5.64. The van der Waals surface area contributed by atoms with Crippen LogP contribution in [0.5, 0.6) is 0 Å². The van der Waals surface area contributed by atoms with E-state index in [0.717, 1.165) is 19.4 Å². The molecule has 1 heterocycles. The van der Waals surface area contributed by atoms with E-state index >= 15 is 0 Å². The van der Waals surface area contributed by atoms with E-state index in [2.05, 4.69) is 12.2 Å². The molecule has 1 aliphatic heterocycles. The van der Waals surface area contributed by atoms with Crippen molar-refractivity contribution in [1.82, 2.24) is 5.32 Å². The van der Waals surface area contributed by atoms with E-state index in [0.29, 0.717) is 6.04 Å². The first-order valence-corrected chi connectivity index (χ1v) is 3.88. The highest BCUT2D eigenvalue weighted by Gasteiger charge is 2.20. The smallest absolute Gasteiger partial charge is 0.404 e. The summed E-state index contributed by atoms with van der Waals surface area (Å²) in [6.45, 7) is 2.97. The van der Waals surface area contributed by atoms with Crippen LogP contribution in [0.3, 0.4) is 0 Å². The molecule has 2 atom stereocenters. The first kappa shape index (κ1) is 8.33. The lowest BCUT2D eigenvalue weighted by atomic mass is 10.0. The number of carbonyl (C=O) groups is 1. The third-order valence-electron chi connectivity index (χ3n) is 1.86. The molecule has 0 radical (unpaired) electrons. The highest BCUT2D eigenvalue weighted by Crippen LogP contribution is 2.11. The topological polar surface area (TPSA) is 64.3 Å². The monoisotopic (exact) mass is 158 g/mol. The first-order chi connectivity index (χ1) is 5.18. The minimum Gasteiger partial charge on any atom is -0.446 e. The number of hydrogen-bond acceptors (Lipinski definition) is 3. The predicted octanol–water partition coefficient (Wildman–Crippen LogP) is 0.222. The van der Waals surface area contributed by atoms with Gasteiger partial charge < -0.3 is 15.8 Å². The van der Waals surface area contributed by atoms with Gasteiger partial charge in [-0.05, 0) is 26.3 Å². The second kappa shape index (κ2) is 3.57. The number of ether oxygens (including phenoxy) is 1. The number of nitrogens with one attached hydrogen (secondary N) is 1. The van der Waals surface area contributed by atoms with Crippen molar-refractivity contribution >= 4 is 6.09 Å². The molecule has 3 N–H and O–H groups in total. The average molecular weight is 158 g/mol. The molecule has 0 bridgehead atoms. The molecule has 4 heteroatoms. The number of nitrogens with two attached hydrogens (primary N) is 1. The normalized spacial score (nSPS) is 31.4. The fraction of sp³-hybridized carbons (Fsp3) is 0.857. The van der Waals surface area contributed by atoms with Crippen LogP contribution >= 0.6 is 0 Å². The average Bonchev–Trinajstić information content (AvgIpc) is 1.85. The van der Waals surface area contributed by atoms with Crippen LogP contribution in [0, 0.1) is 0 Å². The summed E-state index contributed by atoms with van der Waals surface area (Å²) in [5.74, 6) is 0. The Balaban J connectivity index is 2.28. The quantitative estimate of drug-likeness (QED) is 0.574. The van der Waals surface area contributed by atoms with Crippen LogP contribution < -0.4 is 11.1 Å². The van der Waals surface area contributed by atoms with Crippen LogP contribution in [0.15, 0.2) is 0 Å². The molecule has 0 unspecified atom stereocenters. The second-order valence-electron chi connectivity index (χ2n) is 2.94. The molecular formula is C7H14N2O2. The van der Waals surface area contributed by atoms with E-state index in [1.807, 2.05) is 0 Å². The van der Waals surface area contributed by atoms with Crippen molar-refractivity contribution < 1.29 is 9.53 Å². The maximum Gasteiger partial charge on any atom is 0.404 e. The Morgan fingerprint density at radius 3 is 3.00 bits per heavy atom. The Labute approximate surface area is 66.1 Å². The highest BCUT2D eigenvalue weighted by atomic mass is 16.6. The van der Waals surface area contributed by atoms with Gasteiger partial charge in [0, 0.05) is 6.04 Å². The summed E-state index contributed by atoms with van der Waals surface area (Å²) in [4.78, 5) is 10.4. The summed E-state index contributed by atoms with van der Waals surface area (Å²) in [7, 11) is 0.